The number of rotatable bonds is 9. The van der Waals surface area contributed by atoms with Crippen molar-refractivity contribution in [2.24, 2.45) is 11.8 Å². The second-order valence-electron chi connectivity index (χ2n) is 15.7. The molecule has 0 spiro atoms. The second kappa shape index (κ2) is 14.9. The van der Waals surface area contributed by atoms with Crippen LogP contribution in [0, 0.1) is 11.8 Å². The molecule has 8 rings (SSSR count). The van der Waals surface area contributed by atoms with Crippen molar-refractivity contribution in [2.45, 2.75) is 90.4 Å². The number of methoxy groups -OCH3 is 1. The smallest absolute Gasteiger partial charge is 0.407 e. The molecule has 3 aromatic heterocycles. The topological polar surface area (TPSA) is 199 Å². The number of imidazole rings is 2. The lowest BCUT2D eigenvalue weighted by Gasteiger charge is -2.30. The molecule has 0 bridgehead atoms. The molecule has 15 nitrogen and oxygen atoms in total. The van der Waals surface area contributed by atoms with E-state index in [1.165, 1.54) is 7.11 Å². The molecular formula is C40H47N9O6S. The van der Waals surface area contributed by atoms with Crippen LogP contribution in [0.15, 0.2) is 30.3 Å². The molecule has 3 aliphatic rings. The SMILES string of the molecule is COC(=O)N[C@H](C(=O)N1CCC[C@H]1c1nc2c([nH]1)CCc1nc(-c3ccc4c(ccc5[nH]c([C@@H]6CCCN6C(=O)[C@@H](NC(=O)O)C(C)C)nc54)c3)sc1-2)C(C)C. The third-order valence-corrected chi connectivity index (χ3v) is 12.5. The maximum absolute atomic E-state index is 13.7. The Morgan fingerprint density at radius 1 is 0.857 bits per heavy atom. The molecular weight excluding hydrogens is 735 g/mol. The van der Waals surface area contributed by atoms with E-state index in [2.05, 4.69) is 44.9 Å². The third kappa shape index (κ3) is 6.73. The molecule has 0 saturated carbocycles. The monoisotopic (exact) mass is 781 g/mol. The first-order valence-electron chi connectivity index (χ1n) is 19.4. The van der Waals surface area contributed by atoms with Crippen LogP contribution in [0.1, 0.15) is 88.5 Å². The first-order chi connectivity index (χ1) is 26.9. The average Bonchev–Trinajstić information content (AvgIpc) is 4.02. The highest BCUT2D eigenvalue weighted by Gasteiger charge is 2.40. The van der Waals surface area contributed by atoms with Gasteiger partial charge in [0.2, 0.25) is 11.8 Å². The Morgan fingerprint density at radius 3 is 2.16 bits per heavy atom. The molecule has 2 fully saturated rings. The predicted octanol–water partition coefficient (Wildman–Crippen LogP) is 6.33. The maximum Gasteiger partial charge on any atom is 0.407 e. The van der Waals surface area contributed by atoms with Crippen molar-refractivity contribution in [3.63, 3.8) is 0 Å². The summed E-state index contributed by atoms with van der Waals surface area (Å²) in [6.45, 7) is 8.62. The molecule has 294 valence electrons. The molecule has 0 radical (unpaired) electrons. The van der Waals surface area contributed by atoms with E-state index in [-0.39, 0.29) is 35.7 Å². The van der Waals surface area contributed by atoms with E-state index in [0.29, 0.717) is 18.9 Å². The minimum Gasteiger partial charge on any atom is -0.465 e. The van der Waals surface area contributed by atoms with Crippen molar-refractivity contribution < 1.29 is 29.0 Å². The maximum atomic E-state index is 13.7. The number of hydrogen-bond acceptors (Lipinski definition) is 9. The number of aryl methyl sites for hydroxylation is 2. The van der Waals surface area contributed by atoms with E-state index < -0.39 is 24.3 Å². The number of aromatic nitrogens is 5. The summed E-state index contributed by atoms with van der Waals surface area (Å²) in [6.07, 6.45) is 2.89. The largest absolute Gasteiger partial charge is 0.465 e. The molecule has 1 aliphatic carbocycles. The van der Waals surface area contributed by atoms with Gasteiger partial charge in [0.1, 0.15) is 34.4 Å². The van der Waals surface area contributed by atoms with Gasteiger partial charge in [-0.15, -0.1) is 11.3 Å². The molecule has 5 heterocycles. The Balaban J connectivity index is 1.04. The molecule has 2 aliphatic heterocycles. The van der Waals surface area contributed by atoms with Crippen molar-refractivity contribution in [3.05, 3.63) is 53.4 Å². The Labute approximate surface area is 327 Å². The highest BCUT2D eigenvalue weighted by Crippen LogP contribution is 2.43. The zero-order valence-electron chi connectivity index (χ0n) is 32.1. The summed E-state index contributed by atoms with van der Waals surface area (Å²) in [7, 11) is 1.29. The van der Waals surface area contributed by atoms with Crippen LogP contribution in [0.5, 0.6) is 0 Å². The summed E-state index contributed by atoms with van der Waals surface area (Å²) in [5, 5.41) is 17.4. The fourth-order valence-electron chi connectivity index (χ4n) is 8.47. The van der Waals surface area contributed by atoms with E-state index in [1.54, 1.807) is 16.2 Å². The summed E-state index contributed by atoms with van der Waals surface area (Å²) in [4.78, 5) is 77.6. The summed E-state index contributed by atoms with van der Waals surface area (Å²) in [6, 6.07) is 8.35. The molecule has 4 amide bonds. The van der Waals surface area contributed by atoms with E-state index >= 15 is 0 Å². The van der Waals surface area contributed by atoms with E-state index in [4.69, 9.17) is 19.7 Å². The van der Waals surface area contributed by atoms with Gasteiger partial charge in [0.05, 0.1) is 40.8 Å². The standard InChI is InChI=1S/C40H47N9O6S/c1-19(2)29(46-39(52)53)37(50)48-16-6-8-27(48)34-41-24-13-11-21-18-22(10-12-23(21)31(24)44-34)36-43-26-15-14-25-32(33(26)56-36)45-35(42-25)28-9-7-17-49(28)38(51)30(20(3)4)47-40(54)55-5/h10-13,18-20,27-30,46H,6-9,14-17H2,1-5H3,(H,41,44)(H,42,45)(H,47,54)(H,52,53)/t27-,28-,29-,30-/m0/s1. The number of nitrogens with zero attached hydrogens (tertiary/aromatic N) is 5. The number of carbonyl (C=O) groups is 4. The van der Waals surface area contributed by atoms with Gasteiger partial charge >= 0.3 is 12.2 Å². The van der Waals surface area contributed by atoms with Crippen LogP contribution in [-0.2, 0) is 27.2 Å². The number of amides is 4. The number of ether oxygens (including phenoxy) is 1. The zero-order valence-corrected chi connectivity index (χ0v) is 33.0. The number of likely N-dealkylation sites (tertiary alicyclic amines) is 2. The van der Waals surface area contributed by atoms with E-state index in [9.17, 15) is 24.3 Å². The lowest BCUT2D eigenvalue weighted by Crippen LogP contribution is -2.51. The molecule has 2 saturated heterocycles. The third-order valence-electron chi connectivity index (χ3n) is 11.4. The number of fused-ring (bicyclic) bond motifs is 6. The van der Waals surface area contributed by atoms with Gasteiger partial charge in [-0.25, -0.2) is 24.5 Å². The van der Waals surface area contributed by atoms with Crippen LogP contribution < -0.4 is 10.6 Å². The Kier molecular flexibility index (Phi) is 9.93. The van der Waals surface area contributed by atoms with Crippen LogP contribution in [0.25, 0.3) is 42.9 Å². The summed E-state index contributed by atoms with van der Waals surface area (Å²) >= 11 is 1.62. The Bertz CT molecular complexity index is 2350. The number of hydrogen-bond donors (Lipinski definition) is 5. The van der Waals surface area contributed by atoms with Gasteiger partial charge in [0.15, 0.2) is 0 Å². The molecule has 56 heavy (non-hydrogen) atoms. The number of nitrogens with one attached hydrogen (secondary N) is 4. The Hall–Kier alpha value is -5.51. The highest BCUT2D eigenvalue weighted by atomic mass is 32.1. The van der Waals surface area contributed by atoms with Crippen LogP contribution >= 0.6 is 11.3 Å². The van der Waals surface area contributed by atoms with Gasteiger partial charge in [0.25, 0.3) is 0 Å². The van der Waals surface area contributed by atoms with Gasteiger partial charge in [-0.3, -0.25) is 9.59 Å². The van der Waals surface area contributed by atoms with Crippen molar-refractivity contribution in [1.29, 1.82) is 0 Å². The fraction of sp³-hybridized carbons (Fsp3) is 0.475. The number of thiazole rings is 1. The van der Waals surface area contributed by atoms with Crippen molar-refractivity contribution in [3.8, 4) is 21.1 Å². The highest BCUT2D eigenvalue weighted by molar-refractivity contribution is 7.18. The van der Waals surface area contributed by atoms with E-state index in [0.717, 1.165) is 98.7 Å². The van der Waals surface area contributed by atoms with Crippen LogP contribution in [0.2, 0.25) is 0 Å². The van der Waals surface area contributed by atoms with E-state index in [1.807, 2.05) is 38.7 Å². The quantitative estimate of drug-likeness (QED) is 0.113. The number of benzene rings is 2. The normalized spacial score (nSPS) is 19.1. The van der Waals surface area contributed by atoms with Gasteiger partial charge in [0, 0.05) is 29.7 Å². The predicted molar refractivity (Wildman–Crippen MR) is 211 cm³/mol. The van der Waals surface area contributed by atoms with Gasteiger partial charge in [-0.1, -0.05) is 45.9 Å². The minimum absolute atomic E-state index is 0.113. The number of carboxylic acid groups (broad SMARTS) is 1. The number of carbonyl (C=O) groups excluding carboxylic acids is 3. The molecule has 16 heteroatoms. The van der Waals surface area contributed by atoms with Crippen molar-refractivity contribution in [2.75, 3.05) is 20.2 Å². The first-order valence-corrected chi connectivity index (χ1v) is 20.2. The van der Waals surface area contributed by atoms with Crippen LogP contribution in [0.4, 0.5) is 9.59 Å². The number of alkyl carbamates (subject to hydrolysis) is 1. The average molecular weight is 782 g/mol. The molecule has 0 unspecified atom stereocenters. The lowest BCUT2D eigenvalue weighted by molar-refractivity contribution is -0.136. The summed E-state index contributed by atoms with van der Waals surface area (Å²) < 4.78 is 4.79. The second-order valence-corrected chi connectivity index (χ2v) is 16.7. The van der Waals surface area contributed by atoms with Crippen LogP contribution in [0.3, 0.4) is 0 Å². The number of aromatic amines is 2. The van der Waals surface area contributed by atoms with Crippen molar-refractivity contribution >= 4 is 57.1 Å². The molecule has 5 aromatic rings. The Morgan fingerprint density at radius 2 is 1.52 bits per heavy atom. The fourth-order valence-corrected chi connectivity index (χ4v) is 9.60. The molecule has 4 atom stereocenters. The first kappa shape index (κ1) is 37.4. The van der Waals surface area contributed by atoms with Gasteiger partial charge < -0.3 is 40.2 Å². The van der Waals surface area contributed by atoms with Gasteiger partial charge in [-0.2, -0.15) is 0 Å². The zero-order chi connectivity index (χ0) is 39.4. The summed E-state index contributed by atoms with van der Waals surface area (Å²) in [5.74, 6) is 0.785. The molecule has 2 aromatic carbocycles. The molecule has 5 N–H and O–H groups in total. The minimum atomic E-state index is -1.21. The summed E-state index contributed by atoms with van der Waals surface area (Å²) in [5.41, 5.74) is 5.64. The van der Waals surface area contributed by atoms with Gasteiger partial charge in [-0.05, 0) is 67.9 Å². The van der Waals surface area contributed by atoms with Crippen molar-refractivity contribution in [1.82, 2.24) is 45.4 Å². The lowest BCUT2D eigenvalue weighted by atomic mass is 10.0. The van der Waals surface area contributed by atoms with Crippen LogP contribution in [-0.4, -0.2) is 96.1 Å². The number of H-pyrrole nitrogens is 2.